The number of carbonyl (C=O) groups is 1. The topological polar surface area (TPSA) is 58.1 Å². The van der Waals surface area contributed by atoms with Crippen LogP contribution < -0.4 is 5.32 Å². The van der Waals surface area contributed by atoms with Crippen molar-refractivity contribution in [2.45, 2.75) is 19.8 Å². The summed E-state index contributed by atoms with van der Waals surface area (Å²) in [4.78, 5) is 22.6. The van der Waals surface area contributed by atoms with Crippen molar-refractivity contribution < 1.29 is 9.18 Å². The van der Waals surface area contributed by atoms with Gasteiger partial charge in [-0.25, -0.2) is 14.4 Å². The van der Waals surface area contributed by atoms with Gasteiger partial charge >= 0.3 is 0 Å². The predicted molar refractivity (Wildman–Crippen MR) is 86.0 cm³/mol. The second-order valence-corrected chi connectivity index (χ2v) is 5.92. The zero-order chi connectivity index (χ0) is 16.2. The van der Waals surface area contributed by atoms with Crippen LogP contribution in [-0.4, -0.2) is 33.9 Å². The van der Waals surface area contributed by atoms with E-state index in [0.717, 1.165) is 25.9 Å². The first-order chi connectivity index (χ1) is 11.1. The Labute approximate surface area is 134 Å². The summed E-state index contributed by atoms with van der Waals surface area (Å²) in [6, 6.07) is 7.69. The first kappa shape index (κ1) is 15.4. The molecule has 3 rings (SSSR count). The van der Waals surface area contributed by atoms with Crippen molar-refractivity contribution in [2.75, 3.05) is 18.4 Å². The number of anilines is 2. The number of nitrogens with one attached hydrogen (secondary N) is 1. The van der Waals surface area contributed by atoms with E-state index in [-0.39, 0.29) is 11.7 Å². The number of piperidine rings is 1. The quantitative estimate of drug-likeness (QED) is 0.945. The average molecular weight is 314 g/mol. The third-order valence-corrected chi connectivity index (χ3v) is 3.93. The average Bonchev–Trinajstić information content (AvgIpc) is 2.54. The van der Waals surface area contributed by atoms with Crippen molar-refractivity contribution in [2.24, 2.45) is 5.92 Å². The lowest BCUT2D eigenvalue weighted by Gasteiger charge is -2.30. The molecular formula is C17H19FN4O. The summed E-state index contributed by atoms with van der Waals surface area (Å²) in [6.45, 7) is 3.67. The Kier molecular flexibility index (Phi) is 4.50. The Morgan fingerprint density at radius 1 is 1.35 bits per heavy atom. The van der Waals surface area contributed by atoms with Crippen LogP contribution in [0.1, 0.15) is 30.3 Å². The van der Waals surface area contributed by atoms with Crippen LogP contribution in [0.4, 0.5) is 15.9 Å². The number of carbonyl (C=O) groups excluding carboxylic acids is 1. The normalized spacial score (nSPS) is 17.8. The fourth-order valence-corrected chi connectivity index (χ4v) is 2.79. The molecule has 1 aromatic heterocycles. The lowest BCUT2D eigenvalue weighted by Crippen LogP contribution is -2.39. The minimum Gasteiger partial charge on any atom is -0.340 e. The van der Waals surface area contributed by atoms with Crippen molar-refractivity contribution in [1.29, 1.82) is 0 Å². The maximum Gasteiger partial charge on any atom is 0.272 e. The molecule has 0 bridgehead atoms. The molecule has 1 fully saturated rings. The monoisotopic (exact) mass is 314 g/mol. The lowest BCUT2D eigenvalue weighted by atomic mass is 10.00. The Balaban J connectivity index is 1.75. The minimum atomic E-state index is -0.331. The molecule has 1 saturated heterocycles. The molecule has 2 aromatic rings. The number of halogens is 1. The molecule has 1 atom stereocenters. The van der Waals surface area contributed by atoms with Crippen molar-refractivity contribution in [3.8, 4) is 0 Å². The summed E-state index contributed by atoms with van der Waals surface area (Å²) in [5.41, 5.74) is 0.932. The summed E-state index contributed by atoms with van der Waals surface area (Å²) in [5, 5.41) is 2.99. The van der Waals surface area contributed by atoms with E-state index >= 15 is 0 Å². The first-order valence-corrected chi connectivity index (χ1v) is 7.76. The second-order valence-electron chi connectivity index (χ2n) is 5.92. The van der Waals surface area contributed by atoms with Crippen LogP contribution in [0.3, 0.4) is 0 Å². The van der Waals surface area contributed by atoms with E-state index in [1.807, 2.05) is 4.90 Å². The van der Waals surface area contributed by atoms with E-state index in [1.54, 1.807) is 18.2 Å². The number of likely N-dealkylation sites (tertiary alicyclic amines) is 1. The summed E-state index contributed by atoms with van der Waals surface area (Å²) in [5.74, 6) is 0.572. The molecule has 2 heterocycles. The molecule has 1 amide bonds. The Morgan fingerprint density at radius 3 is 3.00 bits per heavy atom. The van der Waals surface area contributed by atoms with Crippen molar-refractivity contribution >= 4 is 17.4 Å². The minimum absolute atomic E-state index is 0.0822. The molecular weight excluding hydrogens is 295 g/mol. The van der Waals surface area contributed by atoms with Gasteiger partial charge in [-0.15, -0.1) is 0 Å². The molecule has 120 valence electrons. The zero-order valence-electron chi connectivity index (χ0n) is 13.0. The zero-order valence-corrected chi connectivity index (χ0v) is 13.0. The summed E-state index contributed by atoms with van der Waals surface area (Å²) >= 11 is 0. The maximum absolute atomic E-state index is 13.2. The van der Waals surface area contributed by atoms with E-state index in [0.29, 0.717) is 23.1 Å². The van der Waals surface area contributed by atoms with Crippen LogP contribution >= 0.6 is 0 Å². The summed E-state index contributed by atoms with van der Waals surface area (Å²) < 4.78 is 13.2. The third-order valence-electron chi connectivity index (χ3n) is 3.93. The third kappa shape index (κ3) is 3.83. The number of amides is 1. The summed E-state index contributed by atoms with van der Waals surface area (Å²) in [7, 11) is 0. The largest absolute Gasteiger partial charge is 0.340 e. The van der Waals surface area contributed by atoms with E-state index in [1.165, 1.54) is 18.5 Å². The van der Waals surface area contributed by atoms with Crippen LogP contribution in [0, 0.1) is 11.7 Å². The maximum atomic E-state index is 13.2. The Hall–Kier alpha value is -2.50. The number of benzene rings is 1. The standard InChI is InChI=1S/C17H19FN4O/c1-12-4-3-7-22(10-12)17(23)15-9-16(20-11-19-15)21-14-6-2-5-13(18)8-14/h2,5-6,8-9,11-12H,3-4,7,10H2,1H3,(H,19,20,21). The van der Waals surface area contributed by atoms with Crippen LogP contribution in [-0.2, 0) is 0 Å². The van der Waals surface area contributed by atoms with Crippen molar-refractivity contribution in [1.82, 2.24) is 14.9 Å². The van der Waals surface area contributed by atoms with Gasteiger partial charge in [-0.05, 0) is 37.0 Å². The van der Waals surface area contributed by atoms with Crippen LogP contribution in [0.25, 0.3) is 0 Å². The summed E-state index contributed by atoms with van der Waals surface area (Å²) in [6.07, 6.45) is 3.52. The van der Waals surface area contributed by atoms with Crippen LogP contribution in [0.5, 0.6) is 0 Å². The smallest absolute Gasteiger partial charge is 0.272 e. The second kappa shape index (κ2) is 6.73. The fraction of sp³-hybridized carbons (Fsp3) is 0.353. The highest BCUT2D eigenvalue weighted by Gasteiger charge is 2.23. The highest BCUT2D eigenvalue weighted by molar-refractivity contribution is 5.93. The molecule has 1 aliphatic heterocycles. The predicted octanol–water partition coefficient (Wildman–Crippen LogP) is 3.23. The number of aromatic nitrogens is 2. The van der Waals surface area contributed by atoms with Gasteiger partial charge in [-0.1, -0.05) is 13.0 Å². The van der Waals surface area contributed by atoms with Gasteiger partial charge in [0.05, 0.1) is 0 Å². The van der Waals surface area contributed by atoms with Gasteiger partial charge in [0.2, 0.25) is 0 Å². The van der Waals surface area contributed by atoms with Gasteiger partial charge in [-0.2, -0.15) is 0 Å². The van der Waals surface area contributed by atoms with Crippen LogP contribution in [0.15, 0.2) is 36.7 Å². The van der Waals surface area contributed by atoms with Crippen LogP contribution in [0.2, 0.25) is 0 Å². The molecule has 1 N–H and O–H groups in total. The van der Waals surface area contributed by atoms with E-state index in [2.05, 4.69) is 22.2 Å². The molecule has 6 heteroatoms. The van der Waals surface area contributed by atoms with Gasteiger partial charge in [0.1, 0.15) is 23.7 Å². The number of hydrogen-bond donors (Lipinski definition) is 1. The highest BCUT2D eigenvalue weighted by Crippen LogP contribution is 2.19. The Bertz CT molecular complexity index is 706. The molecule has 0 spiro atoms. The molecule has 0 aliphatic carbocycles. The molecule has 0 radical (unpaired) electrons. The van der Waals surface area contributed by atoms with Gasteiger partial charge in [0, 0.05) is 24.8 Å². The molecule has 5 nitrogen and oxygen atoms in total. The molecule has 23 heavy (non-hydrogen) atoms. The molecule has 1 aromatic carbocycles. The van der Waals surface area contributed by atoms with E-state index in [9.17, 15) is 9.18 Å². The molecule has 0 saturated carbocycles. The van der Waals surface area contributed by atoms with Crippen molar-refractivity contribution in [3.63, 3.8) is 0 Å². The number of nitrogens with zero attached hydrogens (tertiary/aromatic N) is 3. The molecule has 1 aliphatic rings. The van der Waals surface area contributed by atoms with Gasteiger partial charge in [0.15, 0.2) is 0 Å². The SMILES string of the molecule is CC1CCCN(C(=O)c2cc(Nc3cccc(F)c3)ncn2)C1. The van der Waals surface area contributed by atoms with Gasteiger partial charge in [-0.3, -0.25) is 4.79 Å². The van der Waals surface area contributed by atoms with Crippen molar-refractivity contribution in [3.05, 3.63) is 48.2 Å². The fourth-order valence-electron chi connectivity index (χ4n) is 2.79. The lowest BCUT2D eigenvalue weighted by molar-refractivity contribution is 0.0677. The number of rotatable bonds is 3. The molecule has 1 unspecified atom stereocenters. The number of hydrogen-bond acceptors (Lipinski definition) is 4. The van der Waals surface area contributed by atoms with E-state index in [4.69, 9.17) is 0 Å². The highest BCUT2D eigenvalue weighted by atomic mass is 19.1. The van der Waals surface area contributed by atoms with E-state index < -0.39 is 0 Å². The Morgan fingerprint density at radius 2 is 2.22 bits per heavy atom. The van der Waals surface area contributed by atoms with Gasteiger partial charge in [0.25, 0.3) is 5.91 Å². The van der Waals surface area contributed by atoms with Gasteiger partial charge < -0.3 is 10.2 Å². The first-order valence-electron chi connectivity index (χ1n) is 7.76.